The number of benzene rings is 1. The molecule has 26 heavy (non-hydrogen) atoms. The number of rotatable bonds is 3. The minimum atomic E-state index is -0.0900. The zero-order valence-corrected chi connectivity index (χ0v) is 14.4. The molecule has 1 aromatic carbocycles. The number of aromatic amines is 2. The molecule has 1 aliphatic rings. The monoisotopic (exact) mass is 348 g/mol. The van der Waals surface area contributed by atoms with E-state index in [2.05, 4.69) is 33.2 Å². The van der Waals surface area contributed by atoms with Crippen LogP contribution < -0.4 is 5.69 Å². The average molecular weight is 348 g/mol. The summed E-state index contributed by atoms with van der Waals surface area (Å²) in [4.78, 5) is 23.2. The Hall–Kier alpha value is -2.86. The molecule has 6 nitrogen and oxygen atoms in total. The lowest BCUT2D eigenvalue weighted by atomic mass is 10.0. The van der Waals surface area contributed by atoms with Crippen LogP contribution in [0.25, 0.3) is 33.3 Å². The second kappa shape index (κ2) is 6.14. The first-order valence-corrected chi connectivity index (χ1v) is 9.02. The third kappa shape index (κ3) is 2.63. The van der Waals surface area contributed by atoms with Crippen molar-refractivity contribution in [2.45, 2.75) is 19.4 Å². The topological polar surface area (TPSA) is 75.7 Å². The molecule has 0 atom stereocenters. The van der Waals surface area contributed by atoms with Gasteiger partial charge in [0.25, 0.3) is 0 Å². The molecule has 1 aliphatic heterocycles. The van der Waals surface area contributed by atoms with E-state index in [1.165, 1.54) is 0 Å². The molecule has 3 aromatic heterocycles. The molecule has 0 aliphatic carbocycles. The zero-order chi connectivity index (χ0) is 17.5. The van der Waals surface area contributed by atoms with Gasteiger partial charge in [-0.2, -0.15) is 0 Å². The molecule has 0 bridgehead atoms. The summed E-state index contributed by atoms with van der Waals surface area (Å²) in [6, 6.07) is 12.3. The number of hydrogen-bond acceptors (Lipinski definition) is 3. The van der Waals surface area contributed by atoms with Crippen molar-refractivity contribution in [3.63, 3.8) is 0 Å². The average Bonchev–Trinajstić information content (AvgIpc) is 3.24. The number of pyridine rings is 1. The fraction of sp³-hybridized carbons (Fsp3) is 0.300. The molecule has 1 saturated heterocycles. The van der Waals surface area contributed by atoms with Gasteiger partial charge in [0.2, 0.25) is 0 Å². The third-order valence-electron chi connectivity index (χ3n) is 5.25. The Morgan fingerprint density at radius 2 is 2.00 bits per heavy atom. The maximum Gasteiger partial charge on any atom is 0.327 e. The number of imidazole rings is 1. The number of hydrogen-bond donors (Lipinski definition) is 2. The summed E-state index contributed by atoms with van der Waals surface area (Å²) < 4.78 is 7.25. The van der Waals surface area contributed by atoms with Gasteiger partial charge in [0, 0.05) is 48.1 Å². The molecule has 5 rings (SSSR count). The van der Waals surface area contributed by atoms with Crippen molar-refractivity contribution in [3.8, 4) is 11.3 Å². The first-order valence-electron chi connectivity index (χ1n) is 9.02. The van der Waals surface area contributed by atoms with Gasteiger partial charge < -0.3 is 9.72 Å². The molecule has 1 fully saturated rings. The predicted octanol–water partition coefficient (Wildman–Crippen LogP) is 3.30. The molecule has 6 heteroatoms. The van der Waals surface area contributed by atoms with Crippen LogP contribution >= 0.6 is 0 Å². The highest BCUT2D eigenvalue weighted by molar-refractivity contribution is 5.87. The summed E-state index contributed by atoms with van der Waals surface area (Å²) in [5.74, 6) is 0.470. The Balaban J connectivity index is 1.57. The minimum Gasteiger partial charge on any atom is -0.381 e. The zero-order valence-electron chi connectivity index (χ0n) is 14.4. The molecule has 0 amide bonds. The lowest BCUT2D eigenvalue weighted by Gasteiger charge is -2.22. The lowest BCUT2D eigenvalue weighted by Crippen LogP contribution is -2.25. The fourth-order valence-corrected chi connectivity index (χ4v) is 3.78. The summed E-state index contributed by atoms with van der Waals surface area (Å²) in [7, 11) is 0. The van der Waals surface area contributed by atoms with Gasteiger partial charge in [-0.3, -0.25) is 9.55 Å². The highest BCUT2D eigenvalue weighted by Gasteiger charge is 2.18. The molecule has 0 saturated carbocycles. The van der Waals surface area contributed by atoms with E-state index >= 15 is 0 Å². The van der Waals surface area contributed by atoms with E-state index in [-0.39, 0.29) is 5.69 Å². The van der Waals surface area contributed by atoms with Crippen molar-refractivity contribution in [1.82, 2.24) is 19.5 Å². The molecule has 0 unspecified atom stereocenters. The number of aromatic nitrogens is 4. The third-order valence-corrected chi connectivity index (χ3v) is 5.25. The highest BCUT2D eigenvalue weighted by Crippen LogP contribution is 2.26. The quantitative estimate of drug-likeness (QED) is 0.596. The van der Waals surface area contributed by atoms with Gasteiger partial charge in [0.15, 0.2) is 5.65 Å². The Bertz CT molecular complexity index is 1100. The molecule has 2 N–H and O–H groups in total. The lowest BCUT2D eigenvalue weighted by molar-refractivity contribution is 0.0613. The number of para-hydroxylation sites is 1. The number of nitrogens with zero attached hydrogens (tertiary/aromatic N) is 2. The smallest absolute Gasteiger partial charge is 0.327 e. The van der Waals surface area contributed by atoms with Gasteiger partial charge in [-0.25, -0.2) is 9.78 Å². The van der Waals surface area contributed by atoms with Crippen molar-refractivity contribution in [3.05, 3.63) is 53.1 Å². The second-order valence-corrected chi connectivity index (χ2v) is 6.96. The first-order chi connectivity index (χ1) is 12.8. The second-order valence-electron chi connectivity index (χ2n) is 6.96. The van der Waals surface area contributed by atoms with Crippen molar-refractivity contribution in [2.24, 2.45) is 5.92 Å². The number of H-pyrrole nitrogens is 2. The van der Waals surface area contributed by atoms with Crippen LogP contribution in [0.5, 0.6) is 0 Å². The maximum atomic E-state index is 12.4. The first kappa shape index (κ1) is 15.4. The molecular formula is C20H20N4O2. The molecule has 4 heterocycles. The summed E-state index contributed by atoms with van der Waals surface area (Å²) in [5.41, 5.74) is 4.49. The van der Waals surface area contributed by atoms with E-state index in [0.29, 0.717) is 18.1 Å². The van der Waals surface area contributed by atoms with E-state index in [0.717, 1.165) is 53.7 Å². The van der Waals surface area contributed by atoms with Crippen LogP contribution in [-0.2, 0) is 11.3 Å². The van der Waals surface area contributed by atoms with Gasteiger partial charge in [-0.05, 0) is 37.0 Å². The number of ether oxygens (including phenoxy) is 1. The number of fused-ring (bicyclic) bond motifs is 2. The Morgan fingerprint density at radius 3 is 2.85 bits per heavy atom. The SMILES string of the molecule is O=c1[nH]c2ncc(-c3cc4ccccc4[nH]3)cc2n1CC1CCOCC1. The van der Waals surface area contributed by atoms with E-state index in [9.17, 15) is 4.79 Å². The highest BCUT2D eigenvalue weighted by atomic mass is 16.5. The van der Waals surface area contributed by atoms with Gasteiger partial charge in [-0.1, -0.05) is 18.2 Å². The molecule has 0 radical (unpaired) electrons. The van der Waals surface area contributed by atoms with Crippen molar-refractivity contribution in [2.75, 3.05) is 13.2 Å². The molecular weight excluding hydrogens is 328 g/mol. The van der Waals surface area contributed by atoms with Crippen molar-refractivity contribution >= 4 is 22.1 Å². The summed E-state index contributed by atoms with van der Waals surface area (Å²) >= 11 is 0. The summed E-state index contributed by atoms with van der Waals surface area (Å²) in [6.07, 6.45) is 3.80. The number of nitrogens with one attached hydrogen (secondary N) is 2. The van der Waals surface area contributed by atoms with Crippen LogP contribution in [0.2, 0.25) is 0 Å². The van der Waals surface area contributed by atoms with Crippen LogP contribution in [0.1, 0.15) is 12.8 Å². The van der Waals surface area contributed by atoms with E-state index in [1.807, 2.05) is 29.0 Å². The largest absolute Gasteiger partial charge is 0.381 e. The van der Waals surface area contributed by atoms with E-state index in [1.54, 1.807) is 0 Å². The van der Waals surface area contributed by atoms with E-state index in [4.69, 9.17) is 4.74 Å². The fourth-order valence-electron chi connectivity index (χ4n) is 3.78. The Kier molecular flexibility index (Phi) is 3.64. The molecule has 0 spiro atoms. The van der Waals surface area contributed by atoms with Crippen LogP contribution in [0.4, 0.5) is 0 Å². The van der Waals surface area contributed by atoms with Crippen molar-refractivity contribution < 1.29 is 4.74 Å². The predicted molar refractivity (Wildman–Crippen MR) is 101 cm³/mol. The van der Waals surface area contributed by atoms with Crippen LogP contribution in [-0.4, -0.2) is 32.7 Å². The van der Waals surface area contributed by atoms with Gasteiger partial charge in [0.1, 0.15) is 0 Å². The van der Waals surface area contributed by atoms with E-state index < -0.39 is 0 Å². The summed E-state index contributed by atoms with van der Waals surface area (Å²) in [6.45, 7) is 2.26. The van der Waals surface area contributed by atoms with Crippen LogP contribution in [0.3, 0.4) is 0 Å². The van der Waals surface area contributed by atoms with Gasteiger partial charge in [0.05, 0.1) is 5.52 Å². The normalized spacial score (nSPS) is 15.8. The van der Waals surface area contributed by atoms with Gasteiger partial charge >= 0.3 is 5.69 Å². The van der Waals surface area contributed by atoms with Crippen LogP contribution in [0.15, 0.2) is 47.4 Å². The van der Waals surface area contributed by atoms with Crippen molar-refractivity contribution in [1.29, 1.82) is 0 Å². The van der Waals surface area contributed by atoms with Crippen LogP contribution in [0, 0.1) is 5.92 Å². The standard InChI is InChI=1S/C20H20N4O2/c25-20-23-19-18(24(20)12-13-5-7-26-8-6-13)10-15(11-21-19)17-9-14-3-1-2-4-16(14)22-17/h1-4,9-11,13,22H,5-8,12H2,(H,21,23,25). The molecule has 4 aromatic rings. The summed E-state index contributed by atoms with van der Waals surface area (Å²) in [5, 5.41) is 1.16. The van der Waals surface area contributed by atoms with Gasteiger partial charge in [-0.15, -0.1) is 0 Å². The Labute approximate surface area is 149 Å². The maximum absolute atomic E-state index is 12.4. The molecule has 132 valence electrons. The Morgan fingerprint density at radius 1 is 1.15 bits per heavy atom. The minimum absolute atomic E-state index is 0.0900.